The number of hydrogen-bond donors (Lipinski definition) is 0. The number of halogens is 5. The summed E-state index contributed by atoms with van der Waals surface area (Å²) in [7, 11) is 0. The maximum Gasteiger partial charge on any atom is 0.418 e. The summed E-state index contributed by atoms with van der Waals surface area (Å²) in [5, 5.41) is 0.205. The molecule has 0 aliphatic carbocycles. The molecule has 0 saturated carbocycles. The normalized spacial score (nSPS) is 20.8. The Labute approximate surface area is 112 Å². The summed E-state index contributed by atoms with van der Waals surface area (Å²) in [5.41, 5.74) is -0.144. The van der Waals surface area contributed by atoms with Crippen molar-refractivity contribution >= 4 is 23.2 Å². The summed E-state index contributed by atoms with van der Waals surface area (Å²) in [6.07, 6.45) is -6.85. The largest absolute Gasteiger partial charge is 0.418 e. The van der Waals surface area contributed by atoms with E-state index in [1.165, 1.54) is 18.2 Å². The zero-order chi connectivity index (χ0) is 13.3. The molecule has 7 heteroatoms. The molecule has 100 valence electrons. The highest BCUT2D eigenvalue weighted by atomic mass is 35.5. The monoisotopic (exact) mass is 300 g/mol. The minimum absolute atomic E-state index is 0.0680. The van der Waals surface area contributed by atoms with E-state index in [9.17, 15) is 13.2 Å². The van der Waals surface area contributed by atoms with Gasteiger partial charge in [-0.3, -0.25) is 0 Å². The minimum atomic E-state index is -4.54. The van der Waals surface area contributed by atoms with Gasteiger partial charge in [-0.2, -0.15) is 13.2 Å². The van der Waals surface area contributed by atoms with Crippen LogP contribution in [-0.4, -0.2) is 25.5 Å². The first-order valence-corrected chi connectivity index (χ1v) is 5.88. The zero-order valence-electron chi connectivity index (χ0n) is 9.01. The van der Waals surface area contributed by atoms with Crippen LogP contribution in [0.15, 0.2) is 18.2 Å². The van der Waals surface area contributed by atoms with E-state index < -0.39 is 12.3 Å². The molecule has 1 heterocycles. The number of ether oxygens (including phenoxy) is 2. The Morgan fingerprint density at radius 3 is 2.56 bits per heavy atom. The third-order valence-electron chi connectivity index (χ3n) is 2.39. The first-order chi connectivity index (χ1) is 8.38. The number of epoxide rings is 1. The van der Waals surface area contributed by atoms with Crippen molar-refractivity contribution in [2.75, 3.05) is 13.2 Å². The molecule has 2 atom stereocenters. The number of hydrogen-bond acceptors (Lipinski definition) is 2. The summed E-state index contributed by atoms with van der Waals surface area (Å²) in [6, 6.07) is 3.82. The average Bonchev–Trinajstić information content (AvgIpc) is 3.03. The van der Waals surface area contributed by atoms with Crippen LogP contribution >= 0.6 is 23.2 Å². The quantitative estimate of drug-likeness (QED) is 0.784. The molecule has 1 saturated heterocycles. The van der Waals surface area contributed by atoms with Gasteiger partial charge in [0.1, 0.15) is 6.10 Å². The molecule has 1 aliphatic rings. The lowest BCUT2D eigenvalue weighted by molar-refractivity contribution is -0.224. The molecule has 2 unspecified atom stereocenters. The molecule has 1 fully saturated rings. The topological polar surface area (TPSA) is 21.8 Å². The fraction of sp³-hybridized carbons (Fsp3) is 0.455. The summed E-state index contributed by atoms with van der Waals surface area (Å²) < 4.78 is 48.4. The van der Waals surface area contributed by atoms with Gasteiger partial charge in [0, 0.05) is 15.6 Å². The van der Waals surface area contributed by atoms with Crippen molar-refractivity contribution in [3.63, 3.8) is 0 Å². The molecule has 1 aromatic rings. The van der Waals surface area contributed by atoms with Crippen LogP contribution in [-0.2, 0) is 9.47 Å². The summed E-state index contributed by atoms with van der Waals surface area (Å²) in [5.74, 6) is 0. The Morgan fingerprint density at radius 2 is 2.06 bits per heavy atom. The third kappa shape index (κ3) is 3.51. The maximum atomic E-state index is 12.9. The van der Waals surface area contributed by atoms with Gasteiger partial charge in [-0.15, -0.1) is 0 Å². The second-order valence-electron chi connectivity index (χ2n) is 3.88. The summed E-state index contributed by atoms with van der Waals surface area (Å²) >= 11 is 11.4. The predicted molar refractivity (Wildman–Crippen MR) is 61.0 cm³/mol. The lowest BCUT2D eigenvalue weighted by Gasteiger charge is -2.21. The molecule has 2 nitrogen and oxygen atoms in total. The van der Waals surface area contributed by atoms with Crippen molar-refractivity contribution in [2.45, 2.75) is 18.4 Å². The molecule has 0 spiro atoms. The van der Waals surface area contributed by atoms with Gasteiger partial charge in [0.2, 0.25) is 0 Å². The Kier molecular flexibility index (Phi) is 4.06. The number of rotatable bonds is 4. The van der Waals surface area contributed by atoms with Crippen LogP contribution in [0.1, 0.15) is 11.7 Å². The van der Waals surface area contributed by atoms with Gasteiger partial charge in [-0.25, -0.2) is 0 Å². The maximum absolute atomic E-state index is 12.9. The smallest absolute Gasteiger partial charge is 0.371 e. The van der Waals surface area contributed by atoms with E-state index in [2.05, 4.69) is 0 Å². The predicted octanol–water partition coefficient (Wildman–Crippen LogP) is 4.01. The zero-order valence-corrected chi connectivity index (χ0v) is 10.5. The van der Waals surface area contributed by atoms with Gasteiger partial charge in [0.15, 0.2) is 6.10 Å². The lowest BCUT2D eigenvalue weighted by Crippen LogP contribution is -2.25. The van der Waals surface area contributed by atoms with E-state index in [0.29, 0.717) is 6.61 Å². The van der Waals surface area contributed by atoms with E-state index >= 15 is 0 Å². The molecule has 1 aromatic carbocycles. The highest BCUT2D eigenvalue weighted by molar-refractivity contribution is 6.35. The van der Waals surface area contributed by atoms with Crippen LogP contribution in [0.3, 0.4) is 0 Å². The van der Waals surface area contributed by atoms with Gasteiger partial charge in [0.05, 0.1) is 13.2 Å². The van der Waals surface area contributed by atoms with E-state index in [0.717, 1.165) is 0 Å². The number of benzene rings is 1. The summed E-state index contributed by atoms with van der Waals surface area (Å²) in [4.78, 5) is 0. The van der Waals surface area contributed by atoms with Crippen LogP contribution < -0.4 is 0 Å². The Morgan fingerprint density at radius 1 is 1.39 bits per heavy atom. The molecule has 0 N–H and O–H groups in total. The molecule has 2 rings (SSSR count). The van der Waals surface area contributed by atoms with E-state index in [4.69, 9.17) is 32.7 Å². The highest BCUT2D eigenvalue weighted by Gasteiger charge is 2.44. The fourth-order valence-electron chi connectivity index (χ4n) is 1.44. The molecule has 0 aromatic heterocycles. The Bertz CT molecular complexity index is 433. The van der Waals surface area contributed by atoms with Crippen molar-refractivity contribution in [1.82, 2.24) is 0 Å². The number of alkyl halides is 3. The summed E-state index contributed by atoms with van der Waals surface area (Å²) in [6.45, 7) is 0.321. The van der Waals surface area contributed by atoms with Crippen molar-refractivity contribution in [3.8, 4) is 0 Å². The van der Waals surface area contributed by atoms with Crippen molar-refractivity contribution in [1.29, 1.82) is 0 Å². The van der Waals surface area contributed by atoms with Crippen LogP contribution in [0.2, 0.25) is 10.0 Å². The van der Waals surface area contributed by atoms with E-state index in [-0.39, 0.29) is 28.3 Å². The van der Waals surface area contributed by atoms with Gasteiger partial charge in [0.25, 0.3) is 0 Å². The van der Waals surface area contributed by atoms with Crippen LogP contribution in [0.25, 0.3) is 0 Å². The molecule has 0 amide bonds. The lowest BCUT2D eigenvalue weighted by atomic mass is 10.1. The fourth-order valence-corrected chi connectivity index (χ4v) is 1.95. The van der Waals surface area contributed by atoms with E-state index in [1.807, 2.05) is 0 Å². The van der Waals surface area contributed by atoms with Crippen LogP contribution in [0, 0.1) is 0 Å². The van der Waals surface area contributed by atoms with Crippen LogP contribution in [0.4, 0.5) is 13.2 Å². The molecule has 1 aliphatic heterocycles. The molecule has 0 radical (unpaired) electrons. The van der Waals surface area contributed by atoms with Gasteiger partial charge in [-0.1, -0.05) is 29.3 Å². The Hall–Kier alpha value is -0.490. The second-order valence-corrected chi connectivity index (χ2v) is 4.72. The third-order valence-corrected chi connectivity index (χ3v) is 2.96. The second kappa shape index (κ2) is 5.25. The van der Waals surface area contributed by atoms with Crippen molar-refractivity contribution in [2.24, 2.45) is 0 Å². The standard InChI is InChI=1S/C11H9Cl2F3O2/c12-6-1-2-8(9(13)3-6)10(11(14,15)16)18-5-7-4-17-7/h1-3,7,10H,4-5H2. The van der Waals surface area contributed by atoms with Gasteiger partial charge in [-0.05, 0) is 12.1 Å². The van der Waals surface area contributed by atoms with E-state index in [1.54, 1.807) is 0 Å². The average molecular weight is 301 g/mol. The van der Waals surface area contributed by atoms with Gasteiger partial charge >= 0.3 is 6.18 Å². The Balaban J connectivity index is 2.20. The SMILES string of the molecule is FC(F)(F)C(OCC1CO1)c1ccc(Cl)cc1Cl. The molecule has 0 bridgehead atoms. The highest BCUT2D eigenvalue weighted by Crippen LogP contribution is 2.40. The molecular formula is C11H9Cl2F3O2. The molecule has 18 heavy (non-hydrogen) atoms. The van der Waals surface area contributed by atoms with Crippen molar-refractivity contribution in [3.05, 3.63) is 33.8 Å². The first kappa shape index (κ1) is 13.9. The molecular weight excluding hydrogens is 292 g/mol. The van der Waals surface area contributed by atoms with Crippen LogP contribution in [0.5, 0.6) is 0 Å². The first-order valence-electron chi connectivity index (χ1n) is 5.13. The van der Waals surface area contributed by atoms with Gasteiger partial charge < -0.3 is 9.47 Å². The van der Waals surface area contributed by atoms with Crippen molar-refractivity contribution < 1.29 is 22.6 Å². The minimum Gasteiger partial charge on any atom is -0.371 e.